The lowest BCUT2D eigenvalue weighted by Gasteiger charge is -2.19. The Morgan fingerprint density at radius 2 is 1.83 bits per heavy atom. The SMILES string of the molecule is CCCCc1nc(Cl)c(CNC(=O)C(CS)C(C)C)n1Cc1ccc(-c2ccccc2C(=O)O)cc1. The molecule has 0 aliphatic carbocycles. The number of carbonyl (C=O) groups is 2. The van der Waals surface area contributed by atoms with Crippen LogP contribution in [0.3, 0.4) is 0 Å². The molecule has 3 rings (SSSR count). The van der Waals surface area contributed by atoms with E-state index in [1.165, 1.54) is 0 Å². The predicted molar refractivity (Wildman–Crippen MR) is 148 cm³/mol. The lowest BCUT2D eigenvalue weighted by molar-refractivity contribution is -0.125. The van der Waals surface area contributed by atoms with Gasteiger partial charge in [-0.25, -0.2) is 9.78 Å². The number of aromatic carboxylic acids is 1. The zero-order valence-corrected chi connectivity index (χ0v) is 22.6. The maximum atomic E-state index is 12.7. The molecule has 0 aliphatic heterocycles. The largest absolute Gasteiger partial charge is 0.478 e. The first-order valence-corrected chi connectivity index (χ1v) is 13.3. The number of carboxylic acids is 1. The van der Waals surface area contributed by atoms with Gasteiger partial charge in [-0.3, -0.25) is 4.79 Å². The minimum atomic E-state index is -0.951. The standard InChI is InChI=1S/C28H34ClN3O3S/c1-4-5-10-25-31-26(29)24(15-30-27(33)23(17-36)18(2)3)32(25)16-19-11-13-20(14-12-19)21-8-6-7-9-22(21)28(34)35/h6-9,11-14,18,23,36H,4-5,10,15-17H2,1-3H3,(H,30,33)(H,34,35). The van der Waals surface area contributed by atoms with Crippen molar-refractivity contribution in [3.05, 3.63) is 76.3 Å². The molecule has 1 unspecified atom stereocenters. The first kappa shape index (κ1) is 27.8. The summed E-state index contributed by atoms with van der Waals surface area (Å²) < 4.78 is 2.09. The van der Waals surface area contributed by atoms with E-state index in [0.29, 0.717) is 23.0 Å². The van der Waals surface area contributed by atoms with Gasteiger partial charge >= 0.3 is 5.97 Å². The lowest BCUT2D eigenvalue weighted by atomic mass is 9.97. The fraction of sp³-hybridized carbons (Fsp3) is 0.393. The molecule has 3 aromatic rings. The Bertz CT molecular complexity index is 1190. The number of thiol groups is 1. The average molecular weight is 528 g/mol. The van der Waals surface area contributed by atoms with Crippen molar-refractivity contribution in [2.24, 2.45) is 11.8 Å². The molecule has 1 aromatic heterocycles. The minimum Gasteiger partial charge on any atom is -0.478 e. The number of nitrogens with one attached hydrogen (secondary N) is 1. The Morgan fingerprint density at radius 3 is 2.44 bits per heavy atom. The second-order valence-corrected chi connectivity index (χ2v) is 9.98. The number of benzene rings is 2. The van der Waals surface area contributed by atoms with Gasteiger partial charge in [0.25, 0.3) is 0 Å². The lowest BCUT2D eigenvalue weighted by Crippen LogP contribution is -2.34. The van der Waals surface area contributed by atoms with E-state index >= 15 is 0 Å². The van der Waals surface area contributed by atoms with Crippen LogP contribution in [0.4, 0.5) is 0 Å². The fourth-order valence-electron chi connectivity index (χ4n) is 4.18. The molecule has 0 saturated carbocycles. The maximum Gasteiger partial charge on any atom is 0.336 e. The van der Waals surface area contributed by atoms with Crippen LogP contribution in [0.25, 0.3) is 11.1 Å². The number of rotatable bonds is 12. The number of aryl methyl sites for hydroxylation is 1. The molecule has 0 aliphatic rings. The van der Waals surface area contributed by atoms with Gasteiger partial charge in [-0.05, 0) is 35.1 Å². The number of carboxylic acid groups (broad SMARTS) is 1. The number of carbonyl (C=O) groups excluding carboxylic acids is 1. The minimum absolute atomic E-state index is 0.0413. The van der Waals surface area contributed by atoms with Gasteiger partial charge in [-0.15, -0.1) is 0 Å². The molecule has 0 spiro atoms. The highest BCUT2D eigenvalue weighted by molar-refractivity contribution is 7.80. The Hall–Kier alpha value is -2.77. The third kappa shape index (κ3) is 6.71. The van der Waals surface area contributed by atoms with E-state index in [1.54, 1.807) is 12.1 Å². The topological polar surface area (TPSA) is 84.2 Å². The first-order valence-electron chi connectivity index (χ1n) is 12.3. The van der Waals surface area contributed by atoms with Gasteiger partial charge in [0.05, 0.1) is 17.8 Å². The quantitative estimate of drug-likeness (QED) is 0.248. The average Bonchev–Trinajstić information content (AvgIpc) is 3.15. The molecule has 2 aromatic carbocycles. The fourth-order valence-corrected chi connectivity index (χ4v) is 5.03. The van der Waals surface area contributed by atoms with Crippen molar-refractivity contribution in [3.8, 4) is 11.1 Å². The molecule has 1 heterocycles. The zero-order chi connectivity index (χ0) is 26.2. The van der Waals surface area contributed by atoms with Gasteiger partial charge in [0.2, 0.25) is 5.91 Å². The third-order valence-corrected chi connectivity index (χ3v) is 7.08. The summed E-state index contributed by atoms with van der Waals surface area (Å²) in [7, 11) is 0. The van der Waals surface area contributed by atoms with Gasteiger partial charge in [-0.1, -0.05) is 81.3 Å². The molecule has 2 N–H and O–H groups in total. The van der Waals surface area contributed by atoms with Crippen molar-refractivity contribution in [3.63, 3.8) is 0 Å². The summed E-state index contributed by atoms with van der Waals surface area (Å²) in [6.07, 6.45) is 2.81. The predicted octanol–water partition coefficient (Wildman–Crippen LogP) is 6.11. The Balaban J connectivity index is 1.87. The molecule has 0 bridgehead atoms. The molecule has 1 atom stereocenters. The number of aromatic nitrogens is 2. The van der Waals surface area contributed by atoms with Crippen molar-refractivity contribution < 1.29 is 14.7 Å². The van der Waals surface area contributed by atoms with E-state index in [0.717, 1.165) is 41.9 Å². The highest BCUT2D eigenvalue weighted by Gasteiger charge is 2.22. The van der Waals surface area contributed by atoms with Gasteiger partial charge in [0, 0.05) is 24.6 Å². The summed E-state index contributed by atoms with van der Waals surface area (Å²) in [4.78, 5) is 29.0. The smallest absolute Gasteiger partial charge is 0.336 e. The number of hydrogen-bond acceptors (Lipinski definition) is 4. The highest BCUT2D eigenvalue weighted by Crippen LogP contribution is 2.26. The zero-order valence-electron chi connectivity index (χ0n) is 21.0. The van der Waals surface area contributed by atoms with E-state index in [-0.39, 0.29) is 29.9 Å². The number of hydrogen-bond donors (Lipinski definition) is 3. The van der Waals surface area contributed by atoms with Crippen molar-refractivity contribution in [1.82, 2.24) is 14.9 Å². The third-order valence-electron chi connectivity index (χ3n) is 6.39. The van der Waals surface area contributed by atoms with Crippen LogP contribution in [0, 0.1) is 11.8 Å². The van der Waals surface area contributed by atoms with E-state index in [4.69, 9.17) is 11.6 Å². The van der Waals surface area contributed by atoms with Gasteiger partial charge < -0.3 is 15.0 Å². The van der Waals surface area contributed by atoms with Crippen LogP contribution < -0.4 is 5.32 Å². The van der Waals surface area contributed by atoms with Crippen LogP contribution in [-0.4, -0.2) is 32.3 Å². The van der Waals surface area contributed by atoms with Crippen LogP contribution in [0.15, 0.2) is 48.5 Å². The molecular weight excluding hydrogens is 494 g/mol. The molecule has 0 fully saturated rings. The van der Waals surface area contributed by atoms with Crippen LogP contribution in [0.5, 0.6) is 0 Å². The Morgan fingerprint density at radius 1 is 1.14 bits per heavy atom. The molecule has 0 saturated heterocycles. The van der Waals surface area contributed by atoms with Crippen LogP contribution in [0.1, 0.15) is 61.1 Å². The summed E-state index contributed by atoms with van der Waals surface area (Å²) in [5, 5.41) is 13.0. The summed E-state index contributed by atoms with van der Waals surface area (Å²) in [5.41, 5.74) is 3.59. The Kier molecular flexibility index (Phi) is 10.0. The van der Waals surface area contributed by atoms with Crippen LogP contribution in [0.2, 0.25) is 5.15 Å². The van der Waals surface area contributed by atoms with Crippen LogP contribution in [-0.2, 0) is 24.3 Å². The molecule has 36 heavy (non-hydrogen) atoms. The normalized spacial score (nSPS) is 12.1. The molecule has 6 nitrogen and oxygen atoms in total. The van der Waals surface area contributed by atoms with Crippen molar-refractivity contribution in [2.45, 2.75) is 53.1 Å². The Labute approximate surface area is 223 Å². The monoisotopic (exact) mass is 527 g/mol. The van der Waals surface area contributed by atoms with E-state index in [9.17, 15) is 14.7 Å². The number of imidazole rings is 1. The number of nitrogens with zero attached hydrogens (tertiary/aromatic N) is 2. The van der Waals surface area contributed by atoms with Crippen LogP contribution >= 0.6 is 24.2 Å². The molecular formula is C28H34ClN3O3S. The van der Waals surface area contributed by atoms with E-state index < -0.39 is 5.97 Å². The van der Waals surface area contributed by atoms with Crippen molar-refractivity contribution >= 4 is 36.1 Å². The number of amides is 1. The summed E-state index contributed by atoms with van der Waals surface area (Å²) in [6, 6.07) is 14.8. The van der Waals surface area contributed by atoms with Gasteiger partial charge in [-0.2, -0.15) is 12.6 Å². The van der Waals surface area contributed by atoms with E-state index in [1.807, 2.05) is 50.2 Å². The number of unbranched alkanes of at least 4 members (excludes halogenated alkanes) is 1. The molecule has 0 radical (unpaired) electrons. The van der Waals surface area contributed by atoms with Crippen molar-refractivity contribution in [2.75, 3.05) is 5.75 Å². The summed E-state index contributed by atoms with van der Waals surface area (Å²) in [6.45, 7) is 6.99. The second-order valence-electron chi connectivity index (χ2n) is 9.25. The summed E-state index contributed by atoms with van der Waals surface area (Å²) in [5.74, 6) is 0.390. The number of halogens is 1. The second kappa shape index (κ2) is 13.0. The summed E-state index contributed by atoms with van der Waals surface area (Å²) >= 11 is 10.9. The molecule has 1 amide bonds. The van der Waals surface area contributed by atoms with Gasteiger partial charge in [0.1, 0.15) is 5.82 Å². The highest BCUT2D eigenvalue weighted by atomic mass is 35.5. The van der Waals surface area contributed by atoms with Gasteiger partial charge in [0.15, 0.2) is 5.15 Å². The molecule has 192 valence electrons. The first-order chi connectivity index (χ1) is 17.3. The maximum absolute atomic E-state index is 12.7. The van der Waals surface area contributed by atoms with Crippen molar-refractivity contribution in [1.29, 1.82) is 0 Å². The van der Waals surface area contributed by atoms with E-state index in [2.05, 4.69) is 34.4 Å². The molecule has 8 heteroatoms.